The molecule has 3 rings (SSSR count). The van der Waals surface area contributed by atoms with E-state index >= 15 is 0 Å². The molecular weight excluding hydrogens is 347 g/mol. The van der Waals surface area contributed by atoms with Crippen LogP contribution in [-0.4, -0.2) is 36.9 Å². The zero-order valence-electron chi connectivity index (χ0n) is 12.7. The van der Waals surface area contributed by atoms with Crippen LogP contribution in [0, 0.1) is 5.82 Å². The van der Waals surface area contributed by atoms with Crippen LogP contribution in [0.15, 0.2) is 18.2 Å². The Bertz CT molecular complexity index is 657. The molecule has 0 bridgehead atoms. The van der Waals surface area contributed by atoms with Crippen LogP contribution in [0.3, 0.4) is 0 Å². The lowest BCUT2D eigenvalue weighted by Crippen LogP contribution is -2.35. The molecule has 1 aromatic rings. The van der Waals surface area contributed by atoms with E-state index in [1.807, 2.05) is 0 Å². The molecule has 0 spiro atoms. The van der Waals surface area contributed by atoms with Gasteiger partial charge in [0, 0.05) is 25.1 Å². The summed E-state index contributed by atoms with van der Waals surface area (Å²) in [6.45, 7) is -0.0853. The minimum atomic E-state index is -2.91. The number of carbonyl (C=O) groups excluding carboxylic acids is 2. The standard InChI is InChI=1S/C15H16F3N3O2.ClH/c16-10-6-9(3-4-12(10)21-5-1-2-13(21)22)20-14(23)11-7-15(17,18)8-19-11;/h3-4,6,11,19H,1-2,5,7-8H2,(H,20,23);1H. The molecule has 1 unspecified atom stereocenters. The first-order valence-electron chi connectivity index (χ1n) is 7.38. The minimum Gasteiger partial charge on any atom is -0.325 e. The highest BCUT2D eigenvalue weighted by atomic mass is 35.5. The van der Waals surface area contributed by atoms with Crippen LogP contribution in [0.5, 0.6) is 0 Å². The van der Waals surface area contributed by atoms with E-state index in [1.54, 1.807) is 0 Å². The maximum Gasteiger partial charge on any atom is 0.262 e. The van der Waals surface area contributed by atoms with Gasteiger partial charge in [-0.15, -0.1) is 12.4 Å². The normalized spacial score (nSPS) is 22.4. The highest BCUT2D eigenvalue weighted by Crippen LogP contribution is 2.28. The lowest BCUT2D eigenvalue weighted by molar-refractivity contribution is -0.118. The molecule has 0 aromatic heterocycles. The van der Waals surface area contributed by atoms with Crippen LogP contribution in [0.2, 0.25) is 0 Å². The number of carbonyl (C=O) groups is 2. The lowest BCUT2D eigenvalue weighted by atomic mass is 10.1. The SMILES string of the molecule is Cl.O=C(Nc1ccc(N2CCCC2=O)c(F)c1)C1CC(F)(F)CN1. The number of amides is 2. The van der Waals surface area contributed by atoms with E-state index < -0.39 is 36.7 Å². The van der Waals surface area contributed by atoms with E-state index in [4.69, 9.17) is 0 Å². The van der Waals surface area contributed by atoms with Gasteiger partial charge in [0.1, 0.15) is 5.82 Å². The summed E-state index contributed by atoms with van der Waals surface area (Å²) in [4.78, 5) is 24.9. The van der Waals surface area contributed by atoms with Crippen molar-refractivity contribution in [2.24, 2.45) is 0 Å². The van der Waals surface area contributed by atoms with Gasteiger partial charge in [-0.3, -0.25) is 14.9 Å². The Kier molecular flexibility index (Phi) is 5.39. The second kappa shape index (κ2) is 6.98. The van der Waals surface area contributed by atoms with Crippen molar-refractivity contribution in [1.29, 1.82) is 0 Å². The Hall–Kier alpha value is -1.80. The highest BCUT2D eigenvalue weighted by Gasteiger charge is 2.42. The van der Waals surface area contributed by atoms with Crippen molar-refractivity contribution < 1.29 is 22.8 Å². The van der Waals surface area contributed by atoms with Gasteiger partial charge in [0.2, 0.25) is 11.8 Å². The van der Waals surface area contributed by atoms with Crippen LogP contribution in [0.1, 0.15) is 19.3 Å². The van der Waals surface area contributed by atoms with E-state index in [0.29, 0.717) is 19.4 Å². The van der Waals surface area contributed by atoms with E-state index in [1.165, 1.54) is 17.0 Å². The molecule has 0 radical (unpaired) electrons. The number of halogens is 4. The van der Waals surface area contributed by atoms with Gasteiger partial charge in [-0.2, -0.15) is 0 Å². The van der Waals surface area contributed by atoms with Crippen molar-refractivity contribution in [2.75, 3.05) is 23.3 Å². The first-order chi connectivity index (χ1) is 10.9. The molecule has 2 aliphatic heterocycles. The summed E-state index contributed by atoms with van der Waals surface area (Å²) in [5, 5.41) is 4.85. The van der Waals surface area contributed by atoms with Crippen molar-refractivity contribution in [3.8, 4) is 0 Å². The summed E-state index contributed by atoms with van der Waals surface area (Å²) in [5.74, 6) is -4.32. The molecule has 0 aliphatic carbocycles. The van der Waals surface area contributed by atoms with Crippen molar-refractivity contribution in [1.82, 2.24) is 5.32 Å². The van der Waals surface area contributed by atoms with Crippen LogP contribution in [0.25, 0.3) is 0 Å². The van der Waals surface area contributed by atoms with Gasteiger partial charge < -0.3 is 10.2 Å². The number of hydrogen-bond acceptors (Lipinski definition) is 3. The number of benzene rings is 1. The van der Waals surface area contributed by atoms with Crippen molar-refractivity contribution in [3.05, 3.63) is 24.0 Å². The smallest absolute Gasteiger partial charge is 0.262 e. The summed E-state index contributed by atoms with van der Waals surface area (Å²) in [5.41, 5.74) is 0.330. The minimum absolute atomic E-state index is 0. The van der Waals surface area contributed by atoms with Crippen molar-refractivity contribution >= 4 is 35.6 Å². The molecule has 24 heavy (non-hydrogen) atoms. The summed E-state index contributed by atoms with van der Waals surface area (Å²) in [6, 6.07) is 2.94. The Morgan fingerprint density at radius 3 is 2.67 bits per heavy atom. The molecule has 5 nitrogen and oxygen atoms in total. The molecule has 2 fully saturated rings. The Morgan fingerprint density at radius 1 is 1.38 bits per heavy atom. The Morgan fingerprint density at radius 2 is 2.12 bits per heavy atom. The third-order valence-electron chi connectivity index (χ3n) is 4.01. The van der Waals surface area contributed by atoms with Gasteiger partial charge >= 0.3 is 0 Å². The maximum absolute atomic E-state index is 14.1. The highest BCUT2D eigenvalue weighted by molar-refractivity contribution is 5.97. The van der Waals surface area contributed by atoms with Gasteiger partial charge in [-0.05, 0) is 24.6 Å². The van der Waals surface area contributed by atoms with Gasteiger partial charge in [-0.25, -0.2) is 13.2 Å². The number of nitrogens with zero attached hydrogens (tertiary/aromatic N) is 1. The fraction of sp³-hybridized carbons (Fsp3) is 0.467. The van der Waals surface area contributed by atoms with E-state index in [-0.39, 0.29) is 29.7 Å². The summed E-state index contributed by atoms with van der Waals surface area (Å²) in [7, 11) is 0. The molecule has 1 atom stereocenters. The molecule has 2 N–H and O–H groups in total. The summed E-state index contributed by atoms with van der Waals surface area (Å²) in [6.07, 6.45) is 0.486. The van der Waals surface area contributed by atoms with Crippen molar-refractivity contribution in [3.63, 3.8) is 0 Å². The van der Waals surface area contributed by atoms with Crippen LogP contribution in [-0.2, 0) is 9.59 Å². The average Bonchev–Trinajstić information content (AvgIpc) is 3.05. The number of hydrogen-bond donors (Lipinski definition) is 2. The van der Waals surface area contributed by atoms with E-state index in [2.05, 4.69) is 10.6 Å². The molecule has 2 amide bonds. The number of rotatable bonds is 3. The van der Waals surface area contributed by atoms with Crippen molar-refractivity contribution in [2.45, 2.75) is 31.2 Å². The molecule has 132 valence electrons. The number of alkyl halides is 2. The zero-order valence-corrected chi connectivity index (χ0v) is 13.5. The quantitative estimate of drug-likeness (QED) is 0.866. The topological polar surface area (TPSA) is 61.4 Å². The Balaban J connectivity index is 0.00000208. The van der Waals surface area contributed by atoms with E-state index in [0.717, 1.165) is 6.07 Å². The van der Waals surface area contributed by atoms with Gasteiger partial charge in [-0.1, -0.05) is 0 Å². The van der Waals surface area contributed by atoms with Crippen LogP contribution in [0.4, 0.5) is 24.5 Å². The maximum atomic E-state index is 14.1. The second-order valence-corrected chi connectivity index (χ2v) is 5.80. The Labute approximate surface area is 143 Å². The average molecular weight is 364 g/mol. The van der Waals surface area contributed by atoms with Gasteiger partial charge in [0.15, 0.2) is 0 Å². The molecular formula is C15H17ClF3N3O2. The summed E-state index contributed by atoms with van der Waals surface area (Å²) < 4.78 is 40.3. The summed E-state index contributed by atoms with van der Waals surface area (Å²) >= 11 is 0. The van der Waals surface area contributed by atoms with Gasteiger partial charge in [0.25, 0.3) is 5.92 Å². The third kappa shape index (κ3) is 3.81. The lowest BCUT2D eigenvalue weighted by Gasteiger charge is -2.17. The fourth-order valence-electron chi connectivity index (χ4n) is 2.84. The van der Waals surface area contributed by atoms with Crippen LogP contribution < -0.4 is 15.5 Å². The van der Waals surface area contributed by atoms with E-state index in [9.17, 15) is 22.8 Å². The molecule has 9 heteroatoms. The van der Waals surface area contributed by atoms with Crippen LogP contribution >= 0.6 is 12.4 Å². The molecule has 0 saturated carbocycles. The zero-order chi connectivity index (χ0) is 16.6. The number of nitrogens with one attached hydrogen (secondary N) is 2. The number of anilines is 2. The molecule has 2 heterocycles. The molecule has 2 saturated heterocycles. The molecule has 1 aromatic carbocycles. The first-order valence-corrected chi connectivity index (χ1v) is 7.38. The molecule has 2 aliphatic rings. The first kappa shape index (κ1) is 18.5. The second-order valence-electron chi connectivity index (χ2n) is 5.80. The third-order valence-corrected chi connectivity index (χ3v) is 4.01. The van der Waals surface area contributed by atoms with Gasteiger partial charge in [0.05, 0.1) is 18.3 Å². The predicted molar refractivity (Wildman–Crippen MR) is 85.2 cm³/mol. The largest absolute Gasteiger partial charge is 0.325 e. The fourth-order valence-corrected chi connectivity index (χ4v) is 2.84. The monoisotopic (exact) mass is 363 g/mol. The predicted octanol–water partition coefficient (Wildman–Crippen LogP) is 2.31.